The van der Waals surface area contributed by atoms with Gasteiger partial charge in [-0.25, -0.2) is 0 Å². The molecular weight excluding hydrogens is 372 g/mol. The van der Waals surface area contributed by atoms with Gasteiger partial charge >= 0.3 is 5.97 Å². The van der Waals surface area contributed by atoms with Crippen molar-refractivity contribution in [3.05, 3.63) is 59.0 Å². The average Bonchev–Trinajstić information content (AvgIpc) is 2.76. The second-order valence-corrected chi connectivity index (χ2v) is 7.10. The van der Waals surface area contributed by atoms with Crippen LogP contribution in [0.3, 0.4) is 0 Å². The first kappa shape index (κ1) is 19.1. The molecule has 0 amide bonds. The number of esters is 1. The number of carbonyl (C=O) groups is 1. The van der Waals surface area contributed by atoms with E-state index in [1.54, 1.807) is 36.4 Å². The number of rotatable bonds is 5. The van der Waals surface area contributed by atoms with Gasteiger partial charge in [-0.2, -0.15) is 0 Å². The van der Waals surface area contributed by atoms with Crippen molar-refractivity contribution in [2.75, 3.05) is 7.11 Å². The highest BCUT2D eigenvalue weighted by molar-refractivity contribution is 5.81. The Hall–Kier alpha value is -3.28. The van der Waals surface area contributed by atoms with E-state index in [0.29, 0.717) is 28.2 Å². The molecule has 1 saturated carbocycles. The van der Waals surface area contributed by atoms with E-state index in [1.165, 1.54) is 19.8 Å². The summed E-state index contributed by atoms with van der Waals surface area (Å²) >= 11 is 0. The van der Waals surface area contributed by atoms with Crippen LogP contribution in [0, 0.1) is 5.92 Å². The number of hydrogen-bond acceptors (Lipinski definition) is 6. The molecule has 2 aromatic carbocycles. The fraction of sp³-hybridized carbons (Fsp3) is 0.304. The molecule has 1 aromatic heterocycles. The summed E-state index contributed by atoms with van der Waals surface area (Å²) < 4.78 is 22.0. The molecular formula is C23H22O6. The van der Waals surface area contributed by atoms with Crippen molar-refractivity contribution in [2.24, 2.45) is 5.92 Å². The maximum absolute atomic E-state index is 12.8. The van der Waals surface area contributed by atoms with Crippen molar-refractivity contribution >= 4 is 16.9 Å². The lowest BCUT2D eigenvalue weighted by molar-refractivity contribution is -0.139. The first-order chi connectivity index (χ1) is 14.2. The monoisotopic (exact) mass is 394 g/mol. The maximum Gasteiger partial charge on any atom is 0.314 e. The first-order valence-corrected chi connectivity index (χ1v) is 9.74. The Labute approximate surface area is 168 Å². The SMILES string of the molecule is COc1ccccc1Oc1coc2cc(OC(=O)C3CCCCC3)ccc2c1=O. The van der Waals surface area contributed by atoms with Gasteiger partial charge in [0, 0.05) is 6.07 Å². The molecule has 150 valence electrons. The number of ether oxygens (including phenoxy) is 3. The van der Waals surface area contributed by atoms with Crippen LogP contribution < -0.4 is 19.6 Å². The Morgan fingerprint density at radius 2 is 1.76 bits per heavy atom. The molecule has 0 radical (unpaired) electrons. The minimum atomic E-state index is -0.317. The zero-order valence-electron chi connectivity index (χ0n) is 16.2. The smallest absolute Gasteiger partial charge is 0.314 e. The van der Waals surface area contributed by atoms with Gasteiger partial charge in [-0.3, -0.25) is 9.59 Å². The van der Waals surface area contributed by atoms with E-state index in [1.807, 2.05) is 6.07 Å². The van der Waals surface area contributed by atoms with Gasteiger partial charge in [-0.05, 0) is 37.1 Å². The van der Waals surface area contributed by atoms with Crippen LogP contribution in [-0.4, -0.2) is 13.1 Å². The van der Waals surface area contributed by atoms with Gasteiger partial charge in [0.25, 0.3) is 0 Å². The number of fused-ring (bicyclic) bond motifs is 1. The standard InChI is InChI=1S/C23H22O6/c1-26-18-9-5-6-10-19(18)29-21-14-27-20-13-16(11-12-17(20)22(21)24)28-23(25)15-7-3-2-4-8-15/h5-6,9-15H,2-4,7-8H2,1H3. The third-order valence-corrected chi connectivity index (χ3v) is 5.16. The van der Waals surface area contributed by atoms with Gasteiger partial charge in [0.2, 0.25) is 11.2 Å². The van der Waals surface area contributed by atoms with E-state index < -0.39 is 0 Å². The predicted molar refractivity (Wildman–Crippen MR) is 108 cm³/mol. The Morgan fingerprint density at radius 3 is 2.52 bits per heavy atom. The molecule has 0 atom stereocenters. The van der Waals surface area contributed by atoms with Gasteiger partial charge in [-0.1, -0.05) is 31.4 Å². The predicted octanol–water partition coefficient (Wildman–Crippen LogP) is 5.08. The summed E-state index contributed by atoms with van der Waals surface area (Å²) in [4.78, 5) is 25.1. The Bertz CT molecular complexity index is 1080. The third-order valence-electron chi connectivity index (χ3n) is 5.16. The molecule has 6 heteroatoms. The van der Waals surface area contributed by atoms with E-state index in [0.717, 1.165) is 25.7 Å². The van der Waals surface area contributed by atoms with Gasteiger partial charge in [0.05, 0.1) is 18.4 Å². The van der Waals surface area contributed by atoms with Gasteiger partial charge in [-0.15, -0.1) is 0 Å². The molecule has 0 saturated heterocycles. The lowest BCUT2D eigenvalue weighted by Gasteiger charge is -2.19. The van der Waals surface area contributed by atoms with Gasteiger partial charge in [0.15, 0.2) is 11.5 Å². The van der Waals surface area contributed by atoms with Crippen LogP contribution in [0.2, 0.25) is 0 Å². The molecule has 1 aliphatic rings. The Kier molecular flexibility index (Phi) is 5.51. The van der Waals surface area contributed by atoms with E-state index in [2.05, 4.69) is 0 Å². The van der Waals surface area contributed by atoms with Crippen molar-refractivity contribution in [3.8, 4) is 23.0 Å². The minimum Gasteiger partial charge on any atom is -0.493 e. The van der Waals surface area contributed by atoms with Crippen molar-refractivity contribution in [3.63, 3.8) is 0 Å². The molecule has 1 fully saturated rings. The molecule has 3 aromatic rings. The Balaban J connectivity index is 1.57. The lowest BCUT2D eigenvalue weighted by atomic mass is 9.89. The summed E-state index contributed by atoms with van der Waals surface area (Å²) in [7, 11) is 1.53. The second-order valence-electron chi connectivity index (χ2n) is 7.10. The summed E-state index contributed by atoms with van der Waals surface area (Å²) in [6.07, 6.45) is 6.27. The van der Waals surface area contributed by atoms with Gasteiger partial charge in [0.1, 0.15) is 17.6 Å². The lowest BCUT2D eigenvalue weighted by Crippen LogP contribution is -2.22. The molecule has 4 rings (SSSR count). The molecule has 0 aliphatic heterocycles. The second kappa shape index (κ2) is 8.39. The molecule has 0 bridgehead atoms. The minimum absolute atomic E-state index is 0.0500. The molecule has 6 nitrogen and oxygen atoms in total. The van der Waals surface area contributed by atoms with Crippen LogP contribution in [0.15, 0.2) is 57.9 Å². The fourth-order valence-corrected chi connectivity index (χ4v) is 3.58. The number of hydrogen-bond donors (Lipinski definition) is 0. The number of benzene rings is 2. The van der Waals surface area contributed by atoms with Crippen LogP contribution in [-0.2, 0) is 4.79 Å². The Morgan fingerprint density at radius 1 is 1.00 bits per heavy atom. The van der Waals surface area contributed by atoms with Crippen molar-refractivity contribution < 1.29 is 23.4 Å². The quantitative estimate of drug-likeness (QED) is 0.444. The fourth-order valence-electron chi connectivity index (χ4n) is 3.58. The van der Waals surface area contributed by atoms with Crippen molar-refractivity contribution in [1.82, 2.24) is 0 Å². The summed E-state index contributed by atoms with van der Waals surface area (Å²) in [6.45, 7) is 0. The highest BCUT2D eigenvalue weighted by Crippen LogP contribution is 2.31. The molecule has 0 unspecified atom stereocenters. The molecule has 29 heavy (non-hydrogen) atoms. The zero-order chi connectivity index (χ0) is 20.2. The maximum atomic E-state index is 12.8. The summed E-state index contributed by atoms with van der Waals surface area (Å²) in [6, 6.07) is 11.8. The molecule has 0 spiro atoms. The largest absolute Gasteiger partial charge is 0.493 e. The summed E-state index contributed by atoms with van der Waals surface area (Å²) in [5.41, 5.74) is 0.0126. The summed E-state index contributed by atoms with van der Waals surface area (Å²) in [5.74, 6) is 1.07. The van der Waals surface area contributed by atoms with Gasteiger partial charge < -0.3 is 18.6 Å². The van der Waals surface area contributed by atoms with Crippen LogP contribution in [0.4, 0.5) is 0 Å². The molecule has 1 heterocycles. The van der Waals surface area contributed by atoms with Crippen LogP contribution in [0.5, 0.6) is 23.0 Å². The number of methoxy groups -OCH3 is 1. The van der Waals surface area contributed by atoms with Crippen molar-refractivity contribution in [2.45, 2.75) is 32.1 Å². The number of para-hydroxylation sites is 2. The zero-order valence-corrected chi connectivity index (χ0v) is 16.2. The summed E-state index contributed by atoms with van der Waals surface area (Å²) in [5, 5.41) is 0.342. The first-order valence-electron chi connectivity index (χ1n) is 9.74. The van der Waals surface area contributed by atoms with E-state index >= 15 is 0 Å². The van der Waals surface area contributed by atoms with E-state index in [4.69, 9.17) is 18.6 Å². The third kappa shape index (κ3) is 4.11. The topological polar surface area (TPSA) is 75.0 Å². The molecule has 0 N–H and O–H groups in total. The van der Waals surface area contributed by atoms with E-state index in [9.17, 15) is 9.59 Å². The van der Waals surface area contributed by atoms with Crippen LogP contribution in [0.25, 0.3) is 11.0 Å². The highest BCUT2D eigenvalue weighted by atomic mass is 16.5. The normalized spacial score (nSPS) is 14.5. The van der Waals surface area contributed by atoms with Crippen molar-refractivity contribution in [1.29, 1.82) is 0 Å². The molecule has 1 aliphatic carbocycles. The van der Waals surface area contributed by atoms with Crippen LogP contribution in [0.1, 0.15) is 32.1 Å². The number of carbonyl (C=O) groups excluding carboxylic acids is 1. The highest BCUT2D eigenvalue weighted by Gasteiger charge is 2.23. The van der Waals surface area contributed by atoms with Crippen LogP contribution >= 0.6 is 0 Å². The van der Waals surface area contributed by atoms with E-state index in [-0.39, 0.29) is 23.1 Å². The average molecular weight is 394 g/mol.